The summed E-state index contributed by atoms with van der Waals surface area (Å²) in [5.74, 6) is 0.799. The SMILES string of the molecule is CCc1cccc(C=O)c1OC1CC1. The van der Waals surface area contributed by atoms with Crippen molar-refractivity contribution in [1.29, 1.82) is 0 Å². The second-order valence-electron chi connectivity index (χ2n) is 3.62. The highest BCUT2D eigenvalue weighted by atomic mass is 16.5. The monoisotopic (exact) mass is 190 g/mol. The van der Waals surface area contributed by atoms with Gasteiger partial charge in [-0.1, -0.05) is 19.1 Å². The molecule has 1 aliphatic carbocycles. The number of hydrogen-bond donors (Lipinski definition) is 0. The number of hydrogen-bond acceptors (Lipinski definition) is 2. The van der Waals surface area contributed by atoms with Crippen LogP contribution in [0, 0.1) is 0 Å². The van der Waals surface area contributed by atoms with Crippen molar-refractivity contribution in [1.82, 2.24) is 0 Å². The fraction of sp³-hybridized carbons (Fsp3) is 0.417. The number of benzene rings is 1. The van der Waals surface area contributed by atoms with E-state index in [0.717, 1.165) is 36.9 Å². The van der Waals surface area contributed by atoms with Crippen molar-refractivity contribution in [2.45, 2.75) is 32.3 Å². The van der Waals surface area contributed by atoms with Crippen LogP contribution in [0.4, 0.5) is 0 Å². The molecule has 2 rings (SSSR count). The van der Waals surface area contributed by atoms with Crippen LogP contribution in [-0.4, -0.2) is 12.4 Å². The van der Waals surface area contributed by atoms with Gasteiger partial charge in [-0.2, -0.15) is 0 Å². The van der Waals surface area contributed by atoms with Gasteiger partial charge in [-0.25, -0.2) is 0 Å². The van der Waals surface area contributed by atoms with Crippen molar-refractivity contribution in [3.8, 4) is 5.75 Å². The summed E-state index contributed by atoms with van der Waals surface area (Å²) >= 11 is 0. The van der Waals surface area contributed by atoms with Crippen LogP contribution in [0.2, 0.25) is 0 Å². The van der Waals surface area contributed by atoms with Crippen molar-refractivity contribution < 1.29 is 9.53 Å². The quantitative estimate of drug-likeness (QED) is 0.682. The predicted octanol–water partition coefficient (Wildman–Crippen LogP) is 2.60. The van der Waals surface area contributed by atoms with Gasteiger partial charge in [0.1, 0.15) is 5.75 Å². The maximum Gasteiger partial charge on any atom is 0.153 e. The molecular weight excluding hydrogens is 176 g/mol. The van der Waals surface area contributed by atoms with E-state index < -0.39 is 0 Å². The summed E-state index contributed by atoms with van der Waals surface area (Å²) in [5.41, 5.74) is 1.80. The van der Waals surface area contributed by atoms with Gasteiger partial charge in [0.05, 0.1) is 11.7 Å². The van der Waals surface area contributed by atoms with E-state index in [1.807, 2.05) is 18.2 Å². The summed E-state index contributed by atoms with van der Waals surface area (Å²) in [7, 11) is 0. The van der Waals surface area contributed by atoms with Crippen molar-refractivity contribution in [2.24, 2.45) is 0 Å². The minimum absolute atomic E-state index is 0.349. The Morgan fingerprint density at radius 3 is 2.86 bits per heavy atom. The normalized spacial score (nSPS) is 15.2. The van der Waals surface area contributed by atoms with Crippen molar-refractivity contribution in [2.75, 3.05) is 0 Å². The smallest absolute Gasteiger partial charge is 0.153 e. The third-order valence-corrected chi connectivity index (χ3v) is 2.44. The second-order valence-corrected chi connectivity index (χ2v) is 3.62. The molecule has 0 aliphatic heterocycles. The largest absolute Gasteiger partial charge is 0.489 e. The highest BCUT2D eigenvalue weighted by Crippen LogP contribution is 2.31. The summed E-state index contributed by atoms with van der Waals surface area (Å²) < 4.78 is 5.74. The van der Waals surface area contributed by atoms with E-state index >= 15 is 0 Å². The third-order valence-electron chi connectivity index (χ3n) is 2.44. The molecule has 0 aromatic heterocycles. The van der Waals surface area contributed by atoms with Gasteiger partial charge in [0.15, 0.2) is 6.29 Å². The zero-order valence-electron chi connectivity index (χ0n) is 8.32. The Bertz CT molecular complexity index is 340. The molecule has 0 bridgehead atoms. The molecular formula is C12H14O2. The van der Waals surface area contributed by atoms with E-state index in [0.29, 0.717) is 11.7 Å². The average Bonchev–Trinajstić information content (AvgIpc) is 3.02. The topological polar surface area (TPSA) is 26.3 Å². The number of carbonyl (C=O) groups excluding carboxylic acids is 1. The lowest BCUT2D eigenvalue weighted by Crippen LogP contribution is -2.02. The highest BCUT2D eigenvalue weighted by Gasteiger charge is 2.25. The molecule has 1 aromatic carbocycles. The van der Waals surface area contributed by atoms with E-state index in [2.05, 4.69) is 6.92 Å². The standard InChI is InChI=1S/C12H14O2/c1-2-9-4-3-5-10(8-13)12(9)14-11-6-7-11/h3-5,8,11H,2,6-7H2,1H3. The lowest BCUT2D eigenvalue weighted by molar-refractivity contribution is 0.111. The summed E-state index contributed by atoms with van der Waals surface area (Å²) in [4.78, 5) is 10.8. The summed E-state index contributed by atoms with van der Waals surface area (Å²) in [6.45, 7) is 2.07. The molecule has 0 radical (unpaired) electrons. The van der Waals surface area contributed by atoms with Crippen molar-refractivity contribution in [3.63, 3.8) is 0 Å². The Kier molecular flexibility index (Phi) is 2.53. The number of aryl methyl sites for hydroxylation is 1. The van der Waals surface area contributed by atoms with Crippen LogP contribution in [0.5, 0.6) is 5.75 Å². The Balaban J connectivity index is 2.33. The van der Waals surface area contributed by atoms with E-state index in [1.54, 1.807) is 0 Å². The summed E-state index contributed by atoms with van der Waals surface area (Å²) in [6.07, 6.45) is 4.37. The number of para-hydroxylation sites is 1. The molecule has 2 heteroatoms. The molecule has 0 heterocycles. The van der Waals surface area contributed by atoms with Crippen LogP contribution in [0.25, 0.3) is 0 Å². The zero-order valence-corrected chi connectivity index (χ0v) is 8.32. The molecule has 74 valence electrons. The van der Waals surface area contributed by atoms with Crippen molar-refractivity contribution >= 4 is 6.29 Å². The fourth-order valence-corrected chi connectivity index (χ4v) is 1.47. The molecule has 1 aromatic rings. The van der Waals surface area contributed by atoms with E-state index in [-0.39, 0.29) is 0 Å². The molecule has 2 nitrogen and oxygen atoms in total. The van der Waals surface area contributed by atoms with Gasteiger partial charge in [-0.15, -0.1) is 0 Å². The molecule has 0 atom stereocenters. The van der Waals surface area contributed by atoms with Gasteiger partial charge in [0.2, 0.25) is 0 Å². The summed E-state index contributed by atoms with van der Waals surface area (Å²) in [6, 6.07) is 5.73. The van der Waals surface area contributed by atoms with Crippen LogP contribution >= 0.6 is 0 Å². The minimum atomic E-state index is 0.349. The van der Waals surface area contributed by atoms with E-state index in [4.69, 9.17) is 4.74 Å². The lowest BCUT2D eigenvalue weighted by atomic mass is 10.1. The molecule has 0 saturated heterocycles. The Labute approximate surface area is 83.9 Å². The molecule has 0 N–H and O–H groups in total. The first kappa shape index (κ1) is 9.25. The fourth-order valence-electron chi connectivity index (χ4n) is 1.47. The molecule has 0 unspecified atom stereocenters. The molecule has 1 aliphatic rings. The molecule has 0 amide bonds. The molecule has 1 fully saturated rings. The van der Waals surface area contributed by atoms with Crippen LogP contribution in [0.3, 0.4) is 0 Å². The van der Waals surface area contributed by atoms with Gasteiger partial charge in [-0.05, 0) is 30.9 Å². The first-order valence-corrected chi connectivity index (χ1v) is 5.09. The van der Waals surface area contributed by atoms with Crippen LogP contribution < -0.4 is 4.74 Å². The Morgan fingerprint density at radius 2 is 2.29 bits per heavy atom. The Hall–Kier alpha value is -1.31. The minimum Gasteiger partial charge on any atom is -0.489 e. The second kappa shape index (κ2) is 3.82. The molecule has 0 spiro atoms. The first-order chi connectivity index (χ1) is 6.85. The van der Waals surface area contributed by atoms with Crippen LogP contribution in [-0.2, 0) is 6.42 Å². The zero-order chi connectivity index (χ0) is 9.97. The first-order valence-electron chi connectivity index (χ1n) is 5.09. The highest BCUT2D eigenvalue weighted by molar-refractivity contribution is 5.80. The van der Waals surface area contributed by atoms with Crippen LogP contribution in [0.15, 0.2) is 18.2 Å². The molecule has 14 heavy (non-hydrogen) atoms. The van der Waals surface area contributed by atoms with E-state index in [1.165, 1.54) is 0 Å². The van der Waals surface area contributed by atoms with Gasteiger partial charge >= 0.3 is 0 Å². The van der Waals surface area contributed by atoms with Gasteiger partial charge in [0, 0.05) is 0 Å². The third kappa shape index (κ3) is 1.79. The number of carbonyl (C=O) groups is 1. The van der Waals surface area contributed by atoms with Crippen LogP contribution in [0.1, 0.15) is 35.7 Å². The number of rotatable bonds is 4. The average molecular weight is 190 g/mol. The number of aldehydes is 1. The summed E-state index contributed by atoms with van der Waals surface area (Å²) in [5, 5.41) is 0. The molecule has 1 saturated carbocycles. The van der Waals surface area contributed by atoms with Crippen molar-refractivity contribution in [3.05, 3.63) is 29.3 Å². The Morgan fingerprint density at radius 1 is 1.50 bits per heavy atom. The van der Waals surface area contributed by atoms with E-state index in [9.17, 15) is 4.79 Å². The maximum absolute atomic E-state index is 10.8. The number of ether oxygens (including phenoxy) is 1. The lowest BCUT2D eigenvalue weighted by Gasteiger charge is -2.11. The predicted molar refractivity (Wildman–Crippen MR) is 54.9 cm³/mol. The van der Waals surface area contributed by atoms with Gasteiger partial charge < -0.3 is 4.74 Å². The van der Waals surface area contributed by atoms with Gasteiger partial charge in [-0.3, -0.25) is 4.79 Å². The maximum atomic E-state index is 10.8. The van der Waals surface area contributed by atoms with Gasteiger partial charge in [0.25, 0.3) is 0 Å².